The standard InChI is InChI=1S/C19H15N3O2S/c1-13-18(19(24-22-13)15-5-3-2-4-6-15)21-17(23)12-25-16-9-7-14(11-20)8-10-16/h2-10H,12H2,1H3,(H,21,23). The van der Waals surface area contributed by atoms with Crippen LogP contribution in [0.3, 0.4) is 0 Å². The van der Waals surface area contributed by atoms with Crippen molar-refractivity contribution in [3.05, 3.63) is 65.9 Å². The highest BCUT2D eigenvalue weighted by Crippen LogP contribution is 2.31. The number of hydrogen-bond acceptors (Lipinski definition) is 5. The number of aromatic nitrogens is 1. The van der Waals surface area contributed by atoms with Gasteiger partial charge in [0.15, 0.2) is 5.76 Å². The highest BCUT2D eigenvalue weighted by molar-refractivity contribution is 8.00. The fourth-order valence-corrected chi connectivity index (χ4v) is 2.95. The Hall–Kier alpha value is -3.04. The van der Waals surface area contributed by atoms with Crippen molar-refractivity contribution in [2.24, 2.45) is 0 Å². The summed E-state index contributed by atoms with van der Waals surface area (Å²) in [6.07, 6.45) is 0. The van der Waals surface area contributed by atoms with E-state index in [1.54, 1.807) is 19.1 Å². The van der Waals surface area contributed by atoms with Crippen molar-refractivity contribution in [3.63, 3.8) is 0 Å². The van der Waals surface area contributed by atoms with Gasteiger partial charge in [0.2, 0.25) is 5.91 Å². The maximum Gasteiger partial charge on any atom is 0.234 e. The van der Waals surface area contributed by atoms with E-state index in [-0.39, 0.29) is 11.7 Å². The molecule has 0 saturated heterocycles. The Kier molecular flexibility index (Phi) is 5.17. The molecule has 0 saturated carbocycles. The Balaban J connectivity index is 1.67. The van der Waals surface area contributed by atoms with Gasteiger partial charge in [0.1, 0.15) is 11.4 Å². The van der Waals surface area contributed by atoms with E-state index < -0.39 is 0 Å². The molecule has 5 nitrogen and oxygen atoms in total. The number of amides is 1. The van der Waals surface area contributed by atoms with Crippen LogP contribution in [0.5, 0.6) is 0 Å². The second kappa shape index (κ2) is 7.69. The van der Waals surface area contributed by atoms with E-state index in [9.17, 15) is 4.79 Å². The Bertz CT molecular complexity index is 912. The number of nitriles is 1. The predicted octanol–water partition coefficient (Wildman–Crippen LogP) is 4.25. The minimum absolute atomic E-state index is 0.141. The lowest BCUT2D eigenvalue weighted by molar-refractivity contribution is -0.113. The summed E-state index contributed by atoms with van der Waals surface area (Å²) in [4.78, 5) is 13.2. The number of nitrogens with zero attached hydrogens (tertiary/aromatic N) is 2. The lowest BCUT2D eigenvalue weighted by Gasteiger charge is -2.06. The van der Waals surface area contributed by atoms with Gasteiger partial charge in [-0.15, -0.1) is 11.8 Å². The summed E-state index contributed by atoms with van der Waals surface area (Å²) in [7, 11) is 0. The maximum absolute atomic E-state index is 12.3. The average molecular weight is 349 g/mol. The monoisotopic (exact) mass is 349 g/mol. The molecule has 1 aromatic heterocycles. The summed E-state index contributed by atoms with van der Waals surface area (Å²) >= 11 is 1.40. The first-order chi connectivity index (χ1) is 12.2. The lowest BCUT2D eigenvalue weighted by Crippen LogP contribution is -2.14. The summed E-state index contributed by atoms with van der Waals surface area (Å²) in [5.74, 6) is 0.665. The lowest BCUT2D eigenvalue weighted by atomic mass is 10.1. The molecule has 0 atom stereocenters. The topological polar surface area (TPSA) is 78.9 Å². The normalized spacial score (nSPS) is 10.2. The molecule has 1 heterocycles. The first kappa shape index (κ1) is 16.8. The van der Waals surface area contributed by atoms with Gasteiger partial charge in [-0.05, 0) is 31.2 Å². The average Bonchev–Trinajstić information content (AvgIpc) is 3.01. The van der Waals surface area contributed by atoms with Gasteiger partial charge in [-0.25, -0.2) is 0 Å². The van der Waals surface area contributed by atoms with Gasteiger partial charge in [0.25, 0.3) is 0 Å². The summed E-state index contributed by atoms with van der Waals surface area (Å²) in [5.41, 5.74) is 2.69. The number of thioether (sulfide) groups is 1. The van der Waals surface area contributed by atoms with Crippen LogP contribution in [0, 0.1) is 18.3 Å². The fourth-order valence-electron chi connectivity index (χ4n) is 2.25. The molecule has 3 rings (SSSR count). The van der Waals surface area contributed by atoms with E-state index in [1.807, 2.05) is 42.5 Å². The number of carbonyl (C=O) groups is 1. The van der Waals surface area contributed by atoms with Gasteiger partial charge in [0.05, 0.1) is 17.4 Å². The molecule has 0 radical (unpaired) electrons. The van der Waals surface area contributed by atoms with Crippen LogP contribution >= 0.6 is 11.8 Å². The third kappa shape index (κ3) is 4.08. The number of aryl methyl sites for hydroxylation is 1. The molecule has 6 heteroatoms. The van der Waals surface area contributed by atoms with Crippen LogP contribution in [-0.2, 0) is 4.79 Å². The molecule has 0 bridgehead atoms. The van der Waals surface area contributed by atoms with E-state index in [1.165, 1.54) is 11.8 Å². The Morgan fingerprint density at radius 1 is 1.20 bits per heavy atom. The molecule has 0 spiro atoms. The number of anilines is 1. The van der Waals surface area contributed by atoms with Crippen molar-refractivity contribution in [2.75, 3.05) is 11.1 Å². The van der Waals surface area contributed by atoms with Gasteiger partial charge < -0.3 is 9.84 Å². The van der Waals surface area contributed by atoms with Gasteiger partial charge in [-0.2, -0.15) is 5.26 Å². The summed E-state index contributed by atoms with van der Waals surface area (Å²) in [6, 6.07) is 18.7. The Morgan fingerprint density at radius 3 is 2.60 bits per heavy atom. The molecule has 124 valence electrons. The summed E-state index contributed by atoms with van der Waals surface area (Å²) in [6.45, 7) is 1.79. The fraction of sp³-hybridized carbons (Fsp3) is 0.105. The first-order valence-corrected chi connectivity index (χ1v) is 8.60. The quantitative estimate of drug-likeness (QED) is 0.697. The van der Waals surface area contributed by atoms with E-state index >= 15 is 0 Å². The molecule has 0 aliphatic carbocycles. The highest BCUT2D eigenvalue weighted by atomic mass is 32.2. The van der Waals surface area contributed by atoms with Crippen LogP contribution in [0.25, 0.3) is 11.3 Å². The largest absolute Gasteiger partial charge is 0.354 e. The van der Waals surface area contributed by atoms with Crippen LogP contribution in [-0.4, -0.2) is 16.8 Å². The minimum atomic E-state index is -0.141. The molecule has 1 N–H and O–H groups in total. The number of hydrogen-bond donors (Lipinski definition) is 1. The molecule has 2 aromatic carbocycles. The highest BCUT2D eigenvalue weighted by Gasteiger charge is 2.17. The van der Waals surface area contributed by atoms with Gasteiger partial charge in [-0.1, -0.05) is 35.5 Å². The van der Waals surface area contributed by atoms with Gasteiger partial charge in [-0.3, -0.25) is 4.79 Å². The zero-order chi connectivity index (χ0) is 17.6. The zero-order valence-corrected chi connectivity index (χ0v) is 14.3. The van der Waals surface area contributed by atoms with Crippen molar-refractivity contribution in [2.45, 2.75) is 11.8 Å². The van der Waals surface area contributed by atoms with Crippen LogP contribution in [0.15, 0.2) is 64.0 Å². The SMILES string of the molecule is Cc1noc(-c2ccccc2)c1NC(=O)CSc1ccc(C#N)cc1. The molecule has 1 amide bonds. The van der Waals surface area contributed by atoms with E-state index in [4.69, 9.17) is 9.78 Å². The number of benzene rings is 2. The number of nitrogens with one attached hydrogen (secondary N) is 1. The second-order valence-electron chi connectivity index (χ2n) is 5.31. The smallest absolute Gasteiger partial charge is 0.234 e. The van der Waals surface area contributed by atoms with Crippen LogP contribution < -0.4 is 5.32 Å². The number of carbonyl (C=O) groups excluding carboxylic acids is 1. The van der Waals surface area contributed by atoms with Crippen LogP contribution in [0.1, 0.15) is 11.3 Å². The van der Waals surface area contributed by atoms with Crippen LogP contribution in [0.4, 0.5) is 5.69 Å². The molecule has 0 aliphatic heterocycles. The van der Waals surface area contributed by atoms with E-state index in [2.05, 4.69) is 16.5 Å². The van der Waals surface area contributed by atoms with Crippen molar-refractivity contribution in [3.8, 4) is 17.4 Å². The maximum atomic E-state index is 12.3. The third-order valence-electron chi connectivity index (χ3n) is 3.52. The van der Waals surface area contributed by atoms with Gasteiger partial charge in [0, 0.05) is 10.5 Å². The predicted molar refractivity (Wildman–Crippen MR) is 97.2 cm³/mol. The van der Waals surface area contributed by atoms with Crippen molar-refractivity contribution in [1.29, 1.82) is 5.26 Å². The zero-order valence-electron chi connectivity index (χ0n) is 13.5. The molecule has 3 aromatic rings. The Morgan fingerprint density at radius 2 is 1.92 bits per heavy atom. The minimum Gasteiger partial charge on any atom is -0.354 e. The molecule has 25 heavy (non-hydrogen) atoms. The summed E-state index contributed by atoms with van der Waals surface area (Å²) in [5, 5.41) is 15.6. The first-order valence-electron chi connectivity index (χ1n) is 7.62. The van der Waals surface area contributed by atoms with Crippen molar-refractivity contribution < 1.29 is 9.32 Å². The molecule has 0 unspecified atom stereocenters. The summed E-state index contributed by atoms with van der Waals surface area (Å²) < 4.78 is 5.37. The van der Waals surface area contributed by atoms with Gasteiger partial charge >= 0.3 is 0 Å². The third-order valence-corrected chi connectivity index (χ3v) is 4.53. The van der Waals surface area contributed by atoms with Crippen molar-refractivity contribution >= 4 is 23.4 Å². The molecular formula is C19H15N3O2S. The second-order valence-corrected chi connectivity index (χ2v) is 6.36. The molecular weight excluding hydrogens is 334 g/mol. The number of rotatable bonds is 5. The Labute approximate surface area is 149 Å². The van der Waals surface area contributed by atoms with E-state index in [0.29, 0.717) is 22.7 Å². The van der Waals surface area contributed by atoms with Crippen LogP contribution in [0.2, 0.25) is 0 Å². The van der Waals surface area contributed by atoms with E-state index in [0.717, 1.165) is 10.5 Å². The van der Waals surface area contributed by atoms with Crippen molar-refractivity contribution in [1.82, 2.24) is 5.16 Å². The molecule has 0 aliphatic rings. The molecule has 0 fully saturated rings.